The predicted molar refractivity (Wildman–Crippen MR) is 498 cm³/mol. The van der Waals surface area contributed by atoms with Gasteiger partial charge in [-0.05, 0) is 247 Å². The molecule has 0 saturated heterocycles. The summed E-state index contributed by atoms with van der Waals surface area (Å²) < 4.78 is 21.6. The van der Waals surface area contributed by atoms with Crippen molar-refractivity contribution in [3.8, 4) is 17.2 Å². The van der Waals surface area contributed by atoms with Crippen molar-refractivity contribution in [2.45, 2.75) is 72.1 Å². The zero-order valence-corrected chi connectivity index (χ0v) is 70.7. The van der Waals surface area contributed by atoms with Gasteiger partial charge in [-0.1, -0.05) is 233 Å². The average molecular weight is 1640 g/mol. The number of fused-ring (bicyclic) bond motifs is 1. The number of ether oxygens (including phenoxy) is 4. The minimum atomic E-state index is -0.513. The molecule has 0 radical (unpaired) electrons. The third-order valence-corrected chi connectivity index (χ3v) is 26.6. The minimum Gasteiger partial charge on any atom is -0.462 e. The minimum absolute atomic E-state index is 0. The Kier molecular flexibility index (Phi) is 36.2. The van der Waals surface area contributed by atoms with Crippen LogP contribution in [0.2, 0.25) is 0 Å². The Morgan fingerprint density at radius 2 is 0.546 bits per heavy atom. The second-order valence-corrected chi connectivity index (χ2v) is 33.7. The van der Waals surface area contributed by atoms with Crippen LogP contribution in [0.1, 0.15) is 50.8 Å². The maximum atomic E-state index is 13.0. The number of esters is 4. The molecular weight excluding hydrogens is 1540 g/mol. The predicted octanol–water partition coefficient (Wildman–Crippen LogP) is 26.9. The number of rotatable bonds is 24. The van der Waals surface area contributed by atoms with E-state index in [4.69, 9.17) is 18.9 Å². The van der Waals surface area contributed by atoms with Gasteiger partial charge in [0.2, 0.25) is 0 Å². The van der Waals surface area contributed by atoms with Crippen molar-refractivity contribution in [2.24, 2.45) is 0 Å². The van der Waals surface area contributed by atoms with E-state index in [-0.39, 0.29) is 98.3 Å². The molecular formula is C107H96O8S4. The van der Waals surface area contributed by atoms with E-state index in [1.165, 1.54) is 49.0 Å². The van der Waals surface area contributed by atoms with Crippen LogP contribution in [0, 0.1) is 29.7 Å². The summed E-state index contributed by atoms with van der Waals surface area (Å²) in [6, 6.07) is 134. The van der Waals surface area contributed by atoms with Gasteiger partial charge in [-0.25, -0.2) is 14.4 Å². The molecule has 0 saturated carbocycles. The largest absolute Gasteiger partial charge is 0.462 e. The number of benzene rings is 15. The van der Waals surface area contributed by atoms with Crippen molar-refractivity contribution >= 4 is 96.5 Å². The SMILES string of the molecule is C=C(C)C(=O)OCCC(=O)Oc1ccc([S+](c2ccccc2)c2ccccc2)cc1.C=Cc1ccc(C(=O)Oc2ccc([S+](c3ccccc3)c3ccccc3)cc2)c2ccccc12.C=Cc1ccc(C(=O)Oc2ccc([S+](c3ccccc3)c3ccccc3)cc2)cc1.C=Cc1ccc([S+](c2ccccc2)c2ccccc2)cc1.[CH3-].[CH3-].[CH3-].[CH3-]. The summed E-state index contributed by atoms with van der Waals surface area (Å²) in [5.41, 5.74) is 4.46. The van der Waals surface area contributed by atoms with Gasteiger partial charge < -0.3 is 48.7 Å². The standard InChI is InChI=1S/C31H23O2S.C27H21O2S.C25H23O4S.C20H17S.4CH3/c1-2-23-17-22-30(29-16-10-9-15-28(23)29)31(32)33-24-18-20-27(21-19-24)34(25-11-5-3-6-12-25)26-13-7-4-8-14-26;1-2-21-13-15-22(16-14-21)27(28)29-23-17-19-26(20-18-23)30(24-9-5-3-6-10-24)25-11-7-4-8-12-25;1-19(2)25(27)28-18-17-24(26)29-20-13-15-23(16-14-20)30(21-9-5-3-6-10-21)22-11-7-4-8-12-22;1-2-17-13-15-20(16-14-17)21(18-9-5-3-6-10-18)19-11-7-4-8-12-19;;;;/h2-22H,1H2;2-20H,1H2;3-16H,1,17-18H2,2H3;2-16H,1H2;4*1H3/q4*+1;4*-1. The van der Waals surface area contributed by atoms with Crippen molar-refractivity contribution in [1.29, 1.82) is 0 Å². The molecule has 0 amide bonds. The van der Waals surface area contributed by atoms with Gasteiger partial charge in [0.05, 0.1) is 61.1 Å². The van der Waals surface area contributed by atoms with Gasteiger partial charge in [0, 0.05) is 5.57 Å². The first kappa shape index (κ1) is 91.3. The fourth-order valence-electron chi connectivity index (χ4n) is 12.1. The molecule has 0 heterocycles. The third-order valence-electron chi connectivity index (χ3n) is 17.7. The summed E-state index contributed by atoms with van der Waals surface area (Å²) in [7, 11) is -0.785. The highest BCUT2D eigenvalue weighted by atomic mass is 32.2. The maximum Gasteiger partial charge on any atom is 0.344 e. The highest BCUT2D eigenvalue weighted by Crippen LogP contribution is 2.37. The van der Waals surface area contributed by atoms with Gasteiger partial charge in [-0.15, -0.1) is 0 Å². The van der Waals surface area contributed by atoms with Gasteiger partial charge >= 0.3 is 23.9 Å². The van der Waals surface area contributed by atoms with Crippen molar-refractivity contribution in [3.05, 3.63) is 490 Å². The lowest BCUT2D eigenvalue weighted by molar-refractivity contribution is -0.142. The van der Waals surface area contributed by atoms with Crippen LogP contribution in [-0.4, -0.2) is 30.5 Å². The van der Waals surface area contributed by atoms with Crippen LogP contribution in [0.3, 0.4) is 0 Å². The molecule has 0 unspecified atom stereocenters. The zero-order valence-electron chi connectivity index (χ0n) is 67.5. The summed E-state index contributed by atoms with van der Waals surface area (Å²) in [6.45, 7) is 16.4. The van der Waals surface area contributed by atoms with E-state index >= 15 is 0 Å². The fraction of sp³-hybridized carbons (Fsp3) is 0.0280. The molecule has 0 atom stereocenters. The summed E-state index contributed by atoms with van der Waals surface area (Å²) >= 11 is 0. The van der Waals surface area contributed by atoms with Crippen molar-refractivity contribution in [1.82, 2.24) is 0 Å². The smallest absolute Gasteiger partial charge is 0.344 e. The second kappa shape index (κ2) is 47.1. The Morgan fingerprint density at radius 1 is 0.286 bits per heavy atom. The second-order valence-electron chi connectivity index (χ2n) is 25.6. The van der Waals surface area contributed by atoms with Crippen LogP contribution >= 0.6 is 0 Å². The van der Waals surface area contributed by atoms with Crippen LogP contribution in [0.4, 0.5) is 0 Å². The van der Waals surface area contributed by atoms with E-state index in [0.717, 1.165) is 37.3 Å². The molecule has 0 aromatic heterocycles. The maximum absolute atomic E-state index is 13.0. The topological polar surface area (TPSA) is 105 Å². The Morgan fingerprint density at radius 3 is 0.840 bits per heavy atom. The molecule has 596 valence electrons. The lowest BCUT2D eigenvalue weighted by atomic mass is 9.99. The Bertz CT molecular complexity index is 5510. The van der Waals surface area contributed by atoms with Gasteiger partial charge in [-0.2, -0.15) is 0 Å². The van der Waals surface area contributed by atoms with Gasteiger partial charge in [0.25, 0.3) is 0 Å². The molecule has 0 aliphatic carbocycles. The molecule has 0 fully saturated rings. The van der Waals surface area contributed by atoms with Gasteiger partial charge in [0.1, 0.15) is 23.9 Å². The molecule has 0 N–H and O–H groups in total. The van der Waals surface area contributed by atoms with Gasteiger partial charge in [-0.3, -0.25) is 4.79 Å². The van der Waals surface area contributed by atoms with Gasteiger partial charge in [0.15, 0.2) is 58.7 Å². The average Bonchev–Trinajstić information content (AvgIpc) is 0.800. The van der Waals surface area contributed by atoms with E-state index in [0.29, 0.717) is 33.9 Å². The lowest BCUT2D eigenvalue weighted by Gasteiger charge is -2.10. The summed E-state index contributed by atoms with van der Waals surface area (Å²) in [5.74, 6) is -0.201. The first-order valence-corrected chi connectivity index (χ1v) is 42.1. The number of hydrogen-bond acceptors (Lipinski definition) is 8. The van der Waals surface area contributed by atoms with E-state index < -0.39 is 11.9 Å². The molecule has 15 rings (SSSR count). The molecule has 15 aromatic carbocycles. The number of hydrogen-bond donors (Lipinski definition) is 0. The van der Waals surface area contributed by atoms with E-state index in [9.17, 15) is 19.2 Å². The van der Waals surface area contributed by atoms with Crippen LogP contribution in [0.25, 0.3) is 29.0 Å². The molecule has 8 nitrogen and oxygen atoms in total. The molecule has 0 spiro atoms. The van der Waals surface area contributed by atoms with Crippen LogP contribution in [0.15, 0.2) is 491 Å². The van der Waals surface area contributed by atoms with Crippen LogP contribution in [0.5, 0.6) is 17.2 Å². The Hall–Kier alpha value is -13.2. The first-order chi connectivity index (χ1) is 56.4. The first-order valence-electron chi connectivity index (χ1n) is 37.2. The molecule has 119 heavy (non-hydrogen) atoms. The highest BCUT2D eigenvalue weighted by Gasteiger charge is 2.33. The Balaban J connectivity index is 0.000000198. The van der Waals surface area contributed by atoms with Crippen molar-refractivity contribution in [2.75, 3.05) is 6.61 Å². The molecule has 12 heteroatoms. The van der Waals surface area contributed by atoms with Crippen molar-refractivity contribution in [3.63, 3.8) is 0 Å². The molecule has 0 aliphatic rings. The zero-order chi connectivity index (χ0) is 79.9. The van der Waals surface area contributed by atoms with Crippen LogP contribution < -0.4 is 14.2 Å². The van der Waals surface area contributed by atoms with E-state index in [2.05, 4.69) is 233 Å². The van der Waals surface area contributed by atoms with Crippen LogP contribution in [-0.2, 0) is 57.9 Å². The number of carbonyl (C=O) groups excluding carboxylic acids is 4. The molecule has 0 aliphatic heterocycles. The number of carbonyl (C=O) groups is 4. The van der Waals surface area contributed by atoms with E-state index in [1.807, 2.05) is 170 Å². The summed E-state index contributed by atoms with van der Waals surface area (Å²) in [4.78, 5) is 63.7. The Labute approximate surface area is 715 Å². The molecule has 0 bridgehead atoms. The third kappa shape index (κ3) is 25.4. The summed E-state index contributed by atoms with van der Waals surface area (Å²) in [5, 5.41) is 1.84. The van der Waals surface area contributed by atoms with Crippen molar-refractivity contribution < 1.29 is 38.1 Å². The highest BCUT2D eigenvalue weighted by molar-refractivity contribution is 7.98. The monoisotopic (exact) mass is 1640 g/mol. The fourth-order valence-corrected chi connectivity index (χ4v) is 20.4. The quantitative estimate of drug-likeness (QED) is 0.0194. The summed E-state index contributed by atoms with van der Waals surface area (Å²) in [6.07, 6.45) is 5.41. The van der Waals surface area contributed by atoms with E-state index in [1.54, 1.807) is 49.4 Å². The lowest BCUT2D eigenvalue weighted by Crippen LogP contribution is -2.14. The molecule has 15 aromatic rings. The normalized spacial score (nSPS) is 10.3.